The molecule has 0 saturated carbocycles. The number of pyridine rings is 1. The molecule has 0 spiro atoms. The lowest BCUT2D eigenvalue weighted by molar-refractivity contribution is -0.137. The summed E-state index contributed by atoms with van der Waals surface area (Å²) in [6.07, 6.45) is 5.45. The summed E-state index contributed by atoms with van der Waals surface area (Å²) in [7, 11) is 0. The summed E-state index contributed by atoms with van der Waals surface area (Å²) in [6, 6.07) is 12.4. The Morgan fingerprint density at radius 1 is 1.19 bits per heavy atom. The highest BCUT2D eigenvalue weighted by Crippen LogP contribution is 2.32. The Hall–Kier alpha value is -3.24. The van der Waals surface area contributed by atoms with Gasteiger partial charge in [-0.25, -0.2) is 9.97 Å². The topological polar surface area (TPSA) is 98.9 Å². The van der Waals surface area contributed by atoms with Crippen molar-refractivity contribution in [3.8, 4) is 6.07 Å². The molecule has 0 bridgehead atoms. The standard InChI is InChI=1S/C29H34N4O2S/c1-29(2,3)22-11-9-20(17-30)25(16-22)21(15-27(34)35)14-24-18-36-26(32-24)8-4-7-23-12-10-19-6-5-13-31-28(19)33-23/h9-12,16,18,21H,4-8,13-15H2,1-3H3,(H,31,33)(H,34,35). The van der Waals surface area contributed by atoms with Crippen molar-refractivity contribution in [2.45, 2.75) is 77.0 Å². The van der Waals surface area contributed by atoms with E-state index in [1.54, 1.807) is 11.3 Å². The van der Waals surface area contributed by atoms with Gasteiger partial charge in [0.15, 0.2) is 0 Å². The first-order valence-electron chi connectivity index (χ1n) is 12.6. The zero-order valence-corrected chi connectivity index (χ0v) is 22.1. The lowest BCUT2D eigenvalue weighted by Crippen LogP contribution is -2.15. The number of carboxylic acids is 1. The molecule has 4 rings (SSSR count). The number of aryl methyl sites for hydroxylation is 3. The van der Waals surface area contributed by atoms with Gasteiger partial charge in [0.2, 0.25) is 0 Å². The number of carbonyl (C=O) groups is 1. The van der Waals surface area contributed by atoms with Gasteiger partial charge >= 0.3 is 5.97 Å². The number of aliphatic carboxylic acids is 1. The zero-order chi connectivity index (χ0) is 25.7. The summed E-state index contributed by atoms with van der Waals surface area (Å²) in [5, 5.41) is 25.8. The van der Waals surface area contributed by atoms with Crippen LogP contribution in [-0.4, -0.2) is 27.6 Å². The fourth-order valence-electron chi connectivity index (χ4n) is 4.71. The Balaban J connectivity index is 1.44. The normalized spacial score (nSPS) is 13.9. The maximum atomic E-state index is 11.7. The minimum absolute atomic E-state index is 0.0346. The van der Waals surface area contributed by atoms with Crippen LogP contribution in [0, 0.1) is 11.3 Å². The molecule has 0 saturated heterocycles. The summed E-state index contributed by atoms with van der Waals surface area (Å²) >= 11 is 1.62. The van der Waals surface area contributed by atoms with Crippen molar-refractivity contribution in [1.82, 2.24) is 9.97 Å². The largest absolute Gasteiger partial charge is 0.481 e. The number of carboxylic acid groups (broad SMARTS) is 1. The third kappa shape index (κ3) is 6.50. The van der Waals surface area contributed by atoms with E-state index in [1.165, 1.54) is 5.56 Å². The fraction of sp³-hybridized carbons (Fsp3) is 0.448. The molecule has 0 aliphatic carbocycles. The average molecular weight is 503 g/mol. The van der Waals surface area contributed by atoms with Crippen LogP contribution in [-0.2, 0) is 35.9 Å². The molecule has 188 valence electrons. The van der Waals surface area contributed by atoms with Crippen LogP contribution in [0.2, 0.25) is 0 Å². The Morgan fingerprint density at radius 3 is 2.78 bits per heavy atom. The maximum absolute atomic E-state index is 11.7. The lowest BCUT2D eigenvalue weighted by Gasteiger charge is -2.23. The van der Waals surface area contributed by atoms with Crippen molar-refractivity contribution in [3.05, 3.63) is 74.4 Å². The average Bonchev–Trinajstić information content (AvgIpc) is 3.29. The molecule has 3 heterocycles. The zero-order valence-electron chi connectivity index (χ0n) is 21.3. The summed E-state index contributed by atoms with van der Waals surface area (Å²) in [4.78, 5) is 21.3. The van der Waals surface area contributed by atoms with Crippen LogP contribution in [0.3, 0.4) is 0 Å². The highest BCUT2D eigenvalue weighted by atomic mass is 32.1. The van der Waals surface area contributed by atoms with Gasteiger partial charge in [0, 0.05) is 23.5 Å². The Kier molecular flexibility index (Phi) is 8.05. The van der Waals surface area contributed by atoms with Crippen molar-refractivity contribution in [2.75, 3.05) is 11.9 Å². The van der Waals surface area contributed by atoms with Gasteiger partial charge in [0.1, 0.15) is 5.82 Å². The summed E-state index contributed by atoms with van der Waals surface area (Å²) in [6.45, 7) is 7.35. The molecule has 1 unspecified atom stereocenters. The summed E-state index contributed by atoms with van der Waals surface area (Å²) < 4.78 is 0. The molecule has 3 aromatic rings. The number of nitrogens with zero attached hydrogens (tertiary/aromatic N) is 3. The van der Waals surface area contributed by atoms with E-state index in [-0.39, 0.29) is 17.8 Å². The minimum atomic E-state index is -0.868. The lowest BCUT2D eigenvalue weighted by atomic mass is 9.81. The number of nitriles is 1. The van der Waals surface area contributed by atoms with Gasteiger partial charge in [-0.3, -0.25) is 4.79 Å². The predicted octanol–water partition coefficient (Wildman–Crippen LogP) is 6.04. The number of fused-ring (bicyclic) bond motifs is 1. The first-order valence-corrected chi connectivity index (χ1v) is 13.5. The van der Waals surface area contributed by atoms with Crippen LogP contribution < -0.4 is 5.32 Å². The number of nitrogens with one attached hydrogen (secondary N) is 1. The molecule has 2 N–H and O–H groups in total. The highest BCUT2D eigenvalue weighted by molar-refractivity contribution is 7.09. The van der Waals surface area contributed by atoms with Gasteiger partial charge in [-0.15, -0.1) is 11.3 Å². The minimum Gasteiger partial charge on any atom is -0.481 e. The third-order valence-corrected chi connectivity index (χ3v) is 7.69. The highest BCUT2D eigenvalue weighted by Gasteiger charge is 2.24. The smallest absolute Gasteiger partial charge is 0.303 e. The number of benzene rings is 1. The maximum Gasteiger partial charge on any atom is 0.303 e. The van der Waals surface area contributed by atoms with Crippen molar-refractivity contribution in [1.29, 1.82) is 5.26 Å². The number of rotatable bonds is 9. The third-order valence-electron chi connectivity index (χ3n) is 6.73. The number of aromatic nitrogens is 2. The number of hydrogen-bond donors (Lipinski definition) is 2. The van der Waals surface area contributed by atoms with Crippen LogP contribution >= 0.6 is 11.3 Å². The first-order chi connectivity index (χ1) is 17.2. The molecule has 36 heavy (non-hydrogen) atoms. The van der Waals surface area contributed by atoms with Crippen LogP contribution in [0.1, 0.15) is 84.6 Å². The first kappa shape index (κ1) is 25.8. The molecule has 7 heteroatoms. The summed E-state index contributed by atoms with van der Waals surface area (Å²) in [5.74, 6) is -0.138. The molecule has 0 fully saturated rings. The van der Waals surface area contributed by atoms with Crippen molar-refractivity contribution in [2.24, 2.45) is 0 Å². The van der Waals surface area contributed by atoms with Crippen molar-refractivity contribution < 1.29 is 9.90 Å². The van der Waals surface area contributed by atoms with E-state index in [4.69, 9.17) is 9.97 Å². The Morgan fingerprint density at radius 2 is 2.03 bits per heavy atom. The van der Waals surface area contributed by atoms with Gasteiger partial charge in [-0.05, 0) is 72.8 Å². The molecule has 1 aliphatic rings. The van der Waals surface area contributed by atoms with Gasteiger partial charge in [0.25, 0.3) is 0 Å². The number of thiazole rings is 1. The molecular formula is C29H34N4O2S. The van der Waals surface area contributed by atoms with E-state index < -0.39 is 5.97 Å². The molecule has 1 aromatic carbocycles. The Labute approximate surface area is 217 Å². The number of anilines is 1. The molecule has 1 atom stereocenters. The van der Waals surface area contributed by atoms with E-state index in [0.717, 1.165) is 72.0 Å². The quantitative estimate of drug-likeness (QED) is 0.370. The van der Waals surface area contributed by atoms with Crippen LogP contribution in [0.25, 0.3) is 0 Å². The van der Waals surface area contributed by atoms with Crippen molar-refractivity contribution in [3.63, 3.8) is 0 Å². The molecular weight excluding hydrogens is 468 g/mol. The van der Waals surface area contributed by atoms with Crippen LogP contribution in [0.4, 0.5) is 5.82 Å². The van der Waals surface area contributed by atoms with Gasteiger partial charge in [0.05, 0.1) is 28.8 Å². The second kappa shape index (κ2) is 11.2. The number of hydrogen-bond acceptors (Lipinski definition) is 6. The van der Waals surface area contributed by atoms with Gasteiger partial charge in [-0.2, -0.15) is 5.26 Å². The van der Waals surface area contributed by atoms with Gasteiger partial charge in [-0.1, -0.05) is 39.0 Å². The van der Waals surface area contributed by atoms with E-state index in [1.807, 2.05) is 23.6 Å². The molecule has 0 radical (unpaired) electrons. The van der Waals surface area contributed by atoms with Gasteiger partial charge < -0.3 is 10.4 Å². The molecule has 6 nitrogen and oxygen atoms in total. The molecule has 1 aliphatic heterocycles. The summed E-state index contributed by atoms with van der Waals surface area (Å²) in [5.41, 5.74) is 5.64. The van der Waals surface area contributed by atoms with E-state index in [0.29, 0.717) is 12.0 Å². The van der Waals surface area contributed by atoms with E-state index in [2.05, 4.69) is 44.3 Å². The Bertz CT molecular complexity index is 1270. The predicted molar refractivity (Wildman–Crippen MR) is 144 cm³/mol. The van der Waals surface area contributed by atoms with E-state index >= 15 is 0 Å². The SMILES string of the molecule is CC(C)(C)c1ccc(C#N)c(C(CC(=O)O)Cc2csc(CCCc3ccc4c(n3)NCCC4)n2)c1. The van der Waals surface area contributed by atoms with Crippen molar-refractivity contribution >= 4 is 23.1 Å². The fourth-order valence-corrected chi connectivity index (χ4v) is 5.56. The van der Waals surface area contributed by atoms with Crippen LogP contribution in [0.15, 0.2) is 35.7 Å². The molecule has 0 amide bonds. The second-order valence-electron chi connectivity index (χ2n) is 10.6. The van der Waals surface area contributed by atoms with E-state index in [9.17, 15) is 15.2 Å². The monoisotopic (exact) mass is 502 g/mol. The molecule has 2 aromatic heterocycles. The van der Waals surface area contributed by atoms with Crippen LogP contribution in [0.5, 0.6) is 0 Å². The second-order valence-corrected chi connectivity index (χ2v) is 11.5.